The summed E-state index contributed by atoms with van der Waals surface area (Å²) in [5.74, 6) is 0.369. The van der Waals surface area contributed by atoms with E-state index in [9.17, 15) is 18.0 Å². The highest BCUT2D eigenvalue weighted by atomic mass is 35.5. The van der Waals surface area contributed by atoms with Gasteiger partial charge >= 0.3 is 6.18 Å². The number of amides is 1. The van der Waals surface area contributed by atoms with E-state index in [4.69, 9.17) is 4.74 Å². The van der Waals surface area contributed by atoms with E-state index >= 15 is 0 Å². The number of carbonyl (C=O) groups is 1. The van der Waals surface area contributed by atoms with Crippen LogP contribution in [0, 0.1) is 11.3 Å². The first-order chi connectivity index (χ1) is 11.4. The van der Waals surface area contributed by atoms with Gasteiger partial charge in [-0.25, -0.2) is 0 Å². The van der Waals surface area contributed by atoms with Crippen LogP contribution in [0.5, 0.6) is 5.75 Å². The Kier molecular flexibility index (Phi) is 6.21. The molecule has 1 saturated heterocycles. The molecule has 1 aliphatic carbocycles. The van der Waals surface area contributed by atoms with Gasteiger partial charge < -0.3 is 15.4 Å². The normalized spacial score (nSPS) is 25.6. The van der Waals surface area contributed by atoms with E-state index in [0.29, 0.717) is 18.2 Å². The Labute approximate surface area is 150 Å². The maximum Gasteiger partial charge on any atom is 0.422 e. The van der Waals surface area contributed by atoms with Crippen molar-refractivity contribution in [3.8, 4) is 5.75 Å². The van der Waals surface area contributed by atoms with Crippen molar-refractivity contribution in [3.63, 3.8) is 0 Å². The Bertz CT molecular complexity index is 612. The van der Waals surface area contributed by atoms with Gasteiger partial charge in [0, 0.05) is 18.3 Å². The molecular formula is C17H22ClF3N2O2. The number of halogens is 4. The number of fused-ring (bicyclic) bond motifs is 1. The number of benzene rings is 1. The Morgan fingerprint density at radius 1 is 1.36 bits per heavy atom. The number of hydrogen-bond acceptors (Lipinski definition) is 3. The van der Waals surface area contributed by atoms with Crippen molar-refractivity contribution >= 4 is 24.0 Å². The van der Waals surface area contributed by atoms with Crippen molar-refractivity contribution < 1.29 is 22.7 Å². The summed E-state index contributed by atoms with van der Waals surface area (Å²) < 4.78 is 41.5. The van der Waals surface area contributed by atoms with Crippen LogP contribution in [0.25, 0.3) is 0 Å². The largest absolute Gasteiger partial charge is 0.484 e. The van der Waals surface area contributed by atoms with Crippen LogP contribution in [0.1, 0.15) is 25.7 Å². The van der Waals surface area contributed by atoms with Crippen LogP contribution >= 0.6 is 12.4 Å². The minimum Gasteiger partial charge on any atom is -0.484 e. The molecule has 2 fully saturated rings. The standard InChI is InChI=1S/C17H21F3N2O2.ClH/c18-17(19,20)11-24-14-6-3-5-13(8-14)22-15(23)16-7-2-1-4-12(16)9-21-10-16;/h3,5-6,8,12,21H,1-2,4,7,9-11H2,(H,22,23);1H/t12-,16+;/m0./s1. The molecule has 25 heavy (non-hydrogen) atoms. The van der Waals surface area contributed by atoms with Gasteiger partial charge in [0.1, 0.15) is 5.75 Å². The third kappa shape index (κ3) is 4.58. The zero-order chi connectivity index (χ0) is 17.2. The lowest BCUT2D eigenvalue weighted by Gasteiger charge is -2.37. The molecule has 0 unspecified atom stereocenters. The molecular weight excluding hydrogens is 357 g/mol. The molecule has 1 amide bonds. The Morgan fingerprint density at radius 3 is 2.92 bits per heavy atom. The van der Waals surface area contributed by atoms with E-state index in [1.165, 1.54) is 12.1 Å². The lowest BCUT2D eigenvalue weighted by molar-refractivity contribution is -0.153. The average molecular weight is 379 g/mol. The Morgan fingerprint density at radius 2 is 2.16 bits per heavy atom. The molecule has 1 aromatic carbocycles. The Hall–Kier alpha value is -1.47. The summed E-state index contributed by atoms with van der Waals surface area (Å²) in [6.45, 7) is 0.163. The van der Waals surface area contributed by atoms with E-state index in [0.717, 1.165) is 32.2 Å². The van der Waals surface area contributed by atoms with Crippen molar-refractivity contribution in [1.82, 2.24) is 5.32 Å². The fraction of sp³-hybridized carbons (Fsp3) is 0.588. The van der Waals surface area contributed by atoms with Gasteiger partial charge in [0.2, 0.25) is 5.91 Å². The zero-order valence-electron chi connectivity index (χ0n) is 13.7. The van der Waals surface area contributed by atoms with E-state index < -0.39 is 18.2 Å². The van der Waals surface area contributed by atoms with E-state index in [-0.39, 0.29) is 24.1 Å². The van der Waals surface area contributed by atoms with E-state index in [1.54, 1.807) is 12.1 Å². The maximum atomic E-state index is 12.8. The molecule has 1 heterocycles. The molecule has 2 N–H and O–H groups in total. The summed E-state index contributed by atoms with van der Waals surface area (Å²) in [4.78, 5) is 12.8. The lowest BCUT2D eigenvalue weighted by atomic mass is 9.67. The number of nitrogens with one attached hydrogen (secondary N) is 2. The van der Waals surface area contributed by atoms with Crippen LogP contribution in [0.4, 0.5) is 18.9 Å². The van der Waals surface area contributed by atoms with Crippen LogP contribution in [-0.4, -0.2) is 31.8 Å². The molecule has 2 atom stereocenters. The zero-order valence-corrected chi connectivity index (χ0v) is 14.5. The van der Waals surface area contributed by atoms with Crippen LogP contribution < -0.4 is 15.4 Å². The monoisotopic (exact) mass is 378 g/mol. The molecule has 140 valence electrons. The minimum atomic E-state index is -4.39. The van der Waals surface area contributed by atoms with Crippen molar-refractivity contribution in [2.75, 3.05) is 25.0 Å². The van der Waals surface area contributed by atoms with Crippen LogP contribution in [0.2, 0.25) is 0 Å². The van der Waals surface area contributed by atoms with Gasteiger partial charge in [0.25, 0.3) is 0 Å². The molecule has 1 aliphatic heterocycles. The summed E-state index contributed by atoms with van der Waals surface area (Å²) in [5, 5.41) is 6.18. The van der Waals surface area contributed by atoms with Crippen LogP contribution in [0.3, 0.4) is 0 Å². The first-order valence-corrected chi connectivity index (χ1v) is 8.21. The molecule has 3 rings (SSSR count). The van der Waals surface area contributed by atoms with Crippen molar-refractivity contribution in [2.45, 2.75) is 31.9 Å². The molecule has 0 spiro atoms. The third-order valence-electron chi connectivity index (χ3n) is 4.98. The van der Waals surface area contributed by atoms with Crippen molar-refractivity contribution in [2.24, 2.45) is 11.3 Å². The topological polar surface area (TPSA) is 50.4 Å². The van der Waals surface area contributed by atoms with Gasteiger partial charge in [-0.1, -0.05) is 18.9 Å². The van der Waals surface area contributed by atoms with Gasteiger partial charge in [-0.15, -0.1) is 12.4 Å². The average Bonchev–Trinajstić information content (AvgIpc) is 2.98. The minimum absolute atomic E-state index is 0. The Balaban J connectivity index is 0.00000225. The number of ether oxygens (including phenoxy) is 1. The van der Waals surface area contributed by atoms with Gasteiger partial charge in [0.15, 0.2) is 6.61 Å². The summed E-state index contributed by atoms with van der Waals surface area (Å²) >= 11 is 0. The quantitative estimate of drug-likeness (QED) is 0.838. The summed E-state index contributed by atoms with van der Waals surface area (Å²) in [6, 6.07) is 6.11. The fourth-order valence-electron chi connectivity index (χ4n) is 3.77. The van der Waals surface area contributed by atoms with E-state index in [2.05, 4.69) is 10.6 Å². The molecule has 1 saturated carbocycles. The predicted molar refractivity (Wildman–Crippen MR) is 91.1 cm³/mol. The third-order valence-corrected chi connectivity index (χ3v) is 4.98. The molecule has 4 nitrogen and oxygen atoms in total. The number of hydrogen-bond donors (Lipinski definition) is 2. The fourth-order valence-corrected chi connectivity index (χ4v) is 3.77. The van der Waals surface area contributed by atoms with Gasteiger partial charge in [-0.3, -0.25) is 4.79 Å². The molecule has 8 heteroatoms. The SMILES string of the molecule is Cl.O=C(Nc1cccc(OCC(F)(F)F)c1)[C@@]12CCCC[C@H]1CNC2. The van der Waals surface area contributed by atoms with E-state index in [1.807, 2.05) is 0 Å². The van der Waals surface area contributed by atoms with Gasteiger partial charge in [-0.05, 0) is 37.4 Å². The van der Waals surface area contributed by atoms with Crippen LogP contribution in [-0.2, 0) is 4.79 Å². The number of rotatable bonds is 4. The summed E-state index contributed by atoms with van der Waals surface area (Å²) in [5.41, 5.74) is 0.0615. The second-order valence-electron chi connectivity index (χ2n) is 6.62. The molecule has 0 radical (unpaired) electrons. The highest BCUT2D eigenvalue weighted by Crippen LogP contribution is 2.44. The first-order valence-electron chi connectivity index (χ1n) is 8.21. The van der Waals surface area contributed by atoms with Gasteiger partial charge in [-0.2, -0.15) is 13.2 Å². The number of anilines is 1. The first kappa shape index (κ1) is 19.8. The van der Waals surface area contributed by atoms with Crippen molar-refractivity contribution in [1.29, 1.82) is 0 Å². The lowest BCUT2D eigenvalue weighted by Crippen LogP contribution is -2.44. The summed E-state index contributed by atoms with van der Waals surface area (Å²) in [7, 11) is 0. The van der Waals surface area contributed by atoms with Gasteiger partial charge in [0.05, 0.1) is 5.41 Å². The second kappa shape index (κ2) is 7.83. The highest BCUT2D eigenvalue weighted by molar-refractivity contribution is 5.96. The molecule has 2 aliphatic rings. The van der Waals surface area contributed by atoms with Crippen molar-refractivity contribution in [3.05, 3.63) is 24.3 Å². The smallest absolute Gasteiger partial charge is 0.422 e. The number of carbonyl (C=O) groups excluding carboxylic acids is 1. The van der Waals surface area contributed by atoms with Crippen LogP contribution in [0.15, 0.2) is 24.3 Å². The summed E-state index contributed by atoms with van der Waals surface area (Å²) in [6.07, 6.45) is -0.332. The number of alkyl halides is 3. The highest BCUT2D eigenvalue weighted by Gasteiger charge is 2.49. The molecule has 0 bridgehead atoms. The maximum absolute atomic E-state index is 12.8. The molecule has 1 aromatic rings. The second-order valence-corrected chi connectivity index (χ2v) is 6.62. The molecule has 0 aromatic heterocycles. The predicted octanol–water partition coefficient (Wildman–Crippen LogP) is 3.77.